The zero-order chi connectivity index (χ0) is 16.6. The molecule has 1 saturated carbocycles. The standard InChI is InChI=1S/C15H12ClFN2O4/c16-9-4-3-8(5-10(9)17)13(15(21)22)18-14(20)11-6-12(23-19-11)7-1-2-7/h3-7,13H,1-2H2,(H,18,20)(H,21,22)/t13-/m1/s1. The molecule has 0 saturated heterocycles. The summed E-state index contributed by atoms with van der Waals surface area (Å²) >= 11 is 5.57. The number of carboxylic acid groups (broad SMARTS) is 1. The molecule has 1 aliphatic carbocycles. The Labute approximate surface area is 135 Å². The molecule has 2 N–H and O–H groups in total. The second kappa shape index (κ2) is 6.00. The fourth-order valence-corrected chi connectivity index (χ4v) is 2.26. The fraction of sp³-hybridized carbons (Fsp3) is 0.267. The SMILES string of the molecule is O=C(N[C@@H](C(=O)O)c1ccc(Cl)c(F)c1)c1cc(C2CC2)on1. The second-order valence-electron chi connectivity index (χ2n) is 5.31. The zero-order valence-electron chi connectivity index (χ0n) is 11.8. The van der Waals surface area contributed by atoms with Gasteiger partial charge in [0.15, 0.2) is 11.7 Å². The molecule has 1 atom stereocenters. The van der Waals surface area contributed by atoms with Crippen LogP contribution in [0.5, 0.6) is 0 Å². The number of nitrogens with zero attached hydrogens (tertiary/aromatic N) is 1. The highest BCUT2D eigenvalue weighted by molar-refractivity contribution is 6.30. The summed E-state index contributed by atoms with van der Waals surface area (Å²) < 4.78 is 18.6. The summed E-state index contributed by atoms with van der Waals surface area (Å²) in [6.07, 6.45) is 1.97. The van der Waals surface area contributed by atoms with Crippen LogP contribution in [0.1, 0.15) is 46.6 Å². The van der Waals surface area contributed by atoms with Crippen LogP contribution in [0, 0.1) is 5.82 Å². The number of hydrogen-bond donors (Lipinski definition) is 2. The van der Waals surface area contributed by atoms with E-state index in [1.807, 2.05) is 0 Å². The number of benzene rings is 1. The number of carboxylic acids is 1. The van der Waals surface area contributed by atoms with Gasteiger partial charge in [-0.25, -0.2) is 9.18 Å². The van der Waals surface area contributed by atoms with Crippen LogP contribution in [0.3, 0.4) is 0 Å². The Morgan fingerprint density at radius 1 is 1.39 bits per heavy atom. The largest absolute Gasteiger partial charge is 0.479 e. The average molecular weight is 339 g/mol. The van der Waals surface area contributed by atoms with E-state index in [2.05, 4.69) is 10.5 Å². The number of hydrogen-bond acceptors (Lipinski definition) is 4. The molecule has 0 radical (unpaired) electrons. The van der Waals surface area contributed by atoms with Gasteiger partial charge >= 0.3 is 5.97 Å². The summed E-state index contributed by atoms with van der Waals surface area (Å²) in [4.78, 5) is 23.5. The molecule has 1 fully saturated rings. The van der Waals surface area contributed by atoms with Crippen molar-refractivity contribution in [2.45, 2.75) is 24.8 Å². The number of carbonyl (C=O) groups is 2. The van der Waals surface area contributed by atoms with Crippen LogP contribution in [0.4, 0.5) is 4.39 Å². The lowest BCUT2D eigenvalue weighted by atomic mass is 10.1. The normalized spacial score (nSPS) is 15.2. The highest BCUT2D eigenvalue weighted by Gasteiger charge is 2.30. The van der Waals surface area contributed by atoms with E-state index < -0.39 is 23.7 Å². The van der Waals surface area contributed by atoms with Crippen molar-refractivity contribution in [1.29, 1.82) is 0 Å². The molecule has 0 aliphatic heterocycles. The van der Waals surface area contributed by atoms with Gasteiger partial charge < -0.3 is 14.9 Å². The Bertz CT molecular complexity index is 773. The molecular formula is C15H12ClFN2O4. The van der Waals surface area contributed by atoms with Gasteiger partial charge in [-0.05, 0) is 30.5 Å². The van der Waals surface area contributed by atoms with Crippen LogP contribution < -0.4 is 5.32 Å². The summed E-state index contributed by atoms with van der Waals surface area (Å²) in [6, 6.07) is 3.61. The molecule has 6 nitrogen and oxygen atoms in total. The lowest BCUT2D eigenvalue weighted by Gasteiger charge is -2.14. The molecule has 1 aromatic carbocycles. The van der Waals surface area contributed by atoms with Crippen molar-refractivity contribution in [2.24, 2.45) is 0 Å². The Hall–Kier alpha value is -2.41. The van der Waals surface area contributed by atoms with Crippen LogP contribution in [0.15, 0.2) is 28.8 Å². The molecule has 120 valence electrons. The van der Waals surface area contributed by atoms with Gasteiger partial charge in [0.05, 0.1) is 5.02 Å². The maximum Gasteiger partial charge on any atom is 0.330 e. The lowest BCUT2D eigenvalue weighted by molar-refractivity contribution is -0.139. The second-order valence-corrected chi connectivity index (χ2v) is 5.71. The Kier molecular flexibility index (Phi) is 4.04. The van der Waals surface area contributed by atoms with Crippen LogP contribution in [-0.4, -0.2) is 22.1 Å². The van der Waals surface area contributed by atoms with E-state index in [4.69, 9.17) is 16.1 Å². The van der Waals surface area contributed by atoms with E-state index in [0.717, 1.165) is 18.9 Å². The number of nitrogens with one attached hydrogen (secondary N) is 1. The third-order valence-corrected chi connectivity index (χ3v) is 3.85. The van der Waals surface area contributed by atoms with Crippen LogP contribution in [0.2, 0.25) is 5.02 Å². The molecule has 8 heteroatoms. The van der Waals surface area contributed by atoms with Gasteiger partial charge in [0.1, 0.15) is 11.6 Å². The van der Waals surface area contributed by atoms with Crippen molar-refractivity contribution in [3.63, 3.8) is 0 Å². The summed E-state index contributed by atoms with van der Waals surface area (Å²) in [7, 11) is 0. The fourth-order valence-electron chi connectivity index (χ4n) is 2.14. The summed E-state index contributed by atoms with van der Waals surface area (Å²) in [5.41, 5.74) is 0.0613. The van der Waals surface area contributed by atoms with E-state index in [1.54, 1.807) is 0 Å². The van der Waals surface area contributed by atoms with Crippen molar-refractivity contribution in [2.75, 3.05) is 0 Å². The molecular weight excluding hydrogens is 327 g/mol. The summed E-state index contributed by atoms with van der Waals surface area (Å²) in [5.74, 6) is -1.90. The molecule has 1 heterocycles. The van der Waals surface area contributed by atoms with E-state index in [9.17, 15) is 19.1 Å². The van der Waals surface area contributed by atoms with Gasteiger partial charge in [0.2, 0.25) is 0 Å². The highest BCUT2D eigenvalue weighted by atomic mass is 35.5. The zero-order valence-corrected chi connectivity index (χ0v) is 12.5. The van der Waals surface area contributed by atoms with Crippen molar-refractivity contribution in [3.8, 4) is 0 Å². The van der Waals surface area contributed by atoms with Crippen LogP contribution >= 0.6 is 11.6 Å². The minimum absolute atomic E-state index is 0.00687. The number of rotatable bonds is 5. The van der Waals surface area contributed by atoms with Crippen molar-refractivity contribution < 1.29 is 23.6 Å². The van der Waals surface area contributed by atoms with E-state index in [1.165, 1.54) is 18.2 Å². The lowest BCUT2D eigenvalue weighted by Crippen LogP contribution is -2.34. The van der Waals surface area contributed by atoms with Crippen LogP contribution in [0.25, 0.3) is 0 Å². The molecule has 2 aromatic rings. The molecule has 0 unspecified atom stereocenters. The Morgan fingerprint density at radius 2 is 2.13 bits per heavy atom. The Balaban J connectivity index is 1.79. The molecule has 1 amide bonds. The summed E-state index contributed by atoms with van der Waals surface area (Å²) in [5, 5.41) is 15.1. The number of carbonyl (C=O) groups excluding carboxylic acids is 1. The third-order valence-electron chi connectivity index (χ3n) is 3.54. The Morgan fingerprint density at radius 3 is 2.74 bits per heavy atom. The highest BCUT2D eigenvalue weighted by Crippen LogP contribution is 2.40. The molecule has 3 rings (SSSR count). The topological polar surface area (TPSA) is 92.4 Å². The maximum atomic E-state index is 13.5. The van der Waals surface area contributed by atoms with Gasteiger partial charge in [-0.1, -0.05) is 22.8 Å². The predicted octanol–water partition coefficient (Wildman–Crippen LogP) is 2.90. The number of amides is 1. The average Bonchev–Trinajstić information content (AvgIpc) is 3.24. The molecule has 1 aromatic heterocycles. The number of aliphatic carboxylic acids is 1. The molecule has 1 aliphatic rings. The quantitative estimate of drug-likeness (QED) is 0.874. The maximum absolute atomic E-state index is 13.5. The first-order valence-electron chi connectivity index (χ1n) is 6.91. The van der Waals surface area contributed by atoms with Gasteiger partial charge in [-0.3, -0.25) is 4.79 Å². The first-order valence-corrected chi connectivity index (χ1v) is 7.28. The smallest absolute Gasteiger partial charge is 0.330 e. The van der Waals surface area contributed by atoms with Crippen molar-refractivity contribution in [3.05, 3.63) is 52.1 Å². The van der Waals surface area contributed by atoms with Crippen LogP contribution in [-0.2, 0) is 4.79 Å². The minimum Gasteiger partial charge on any atom is -0.479 e. The predicted molar refractivity (Wildman–Crippen MR) is 77.7 cm³/mol. The number of aromatic nitrogens is 1. The van der Waals surface area contributed by atoms with Gasteiger partial charge in [0.25, 0.3) is 5.91 Å². The van der Waals surface area contributed by atoms with Crippen molar-refractivity contribution in [1.82, 2.24) is 10.5 Å². The van der Waals surface area contributed by atoms with Gasteiger partial charge in [-0.2, -0.15) is 0 Å². The molecule has 23 heavy (non-hydrogen) atoms. The van der Waals surface area contributed by atoms with Gasteiger partial charge in [0, 0.05) is 12.0 Å². The monoisotopic (exact) mass is 338 g/mol. The first-order chi connectivity index (χ1) is 11.0. The minimum atomic E-state index is -1.42. The first kappa shape index (κ1) is 15.5. The number of halogens is 2. The molecule has 0 bridgehead atoms. The van der Waals surface area contributed by atoms with E-state index in [-0.39, 0.29) is 22.2 Å². The van der Waals surface area contributed by atoms with Gasteiger partial charge in [-0.15, -0.1) is 0 Å². The van der Waals surface area contributed by atoms with E-state index >= 15 is 0 Å². The summed E-state index contributed by atoms with van der Waals surface area (Å²) in [6.45, 7) is 0. The molecule has 0 spiro atoms. The van der Waals surface area contributed by atoms with Crippen molar-refractivity contribution >= 4 is 23.5 Å². The van der Waals surface area contributed by atoms with E-state index in [0.29, 0.717) is 5.76 Å². The third kappa shape index (κ3) is 3.34.